The van der Waals surface area contributed by atoms with Crippen LogP contribution in [-0.4, -0.2) is 34.4 Å². The SMILES string of the molecule is CC(C)(C)c1cc(C(=O)NC(CO)C(C)(C)O)cc(C(C)(C)C)c1. The smallest absolute Gasteiger partial charge is 0.251 e. The topological polar surface area (TPSA) is 69.6 Å². The molecule has 0 fully saturated rings. The van der Waals surface area contributed by atoms with E-state index in [4.69, 9.17) is 0 Å². The van der Waals surface area contributed by atoms with E-state index in [1.165, 1.54) is 0 Å². The first-order chi connectivity index (χ1) is 10.7. The summed E-state index contributed by atoms with van der Waals surface area (Å²) in [6.07, 6.45) is 0. The fourth-order valence-electron chi connectivity index (χ4n) is 2.31. The molecule has 0 aliphatic heterocycles. The zero-order valence-electron chi connectivity index (χ0n) is 16.3. The Labute approximate surface area is 146 Å². The highest BCUT2D eigenvalue weighted by Crippen LogP contribution is 2.30. The third-order valence-corrected chi connectivity index (χ3v) is 4.27. The minimum atomic E-state index is -1.20. The van der Waals surface area contributed by atoms with Crippen LogP contribution in [0.1, 0.15) is 76.9 Å². The summed E-state index contributed by atoms with van der Waals surface area (Å²) in [7, 11) is 0. The van der Waals surface area contributed by atoms with E-state index in [0.717, 1.165) is 11.1 Å². The summed E-state index contributed by atoms with van der Waals surface area (Å²) in [5, 5.41) is 22.3. The number of hydrogen-bond donors (Lipinski definition) is 3. The Balaban J connectivity index is 3.30. The van der Waals surface area contributed by atoms with Crippen LogP contribution >= 0.6 is 0 Å². The quantitative estimate of drug-likeness (QED) is 0.792. The number of rotatable bonds is 4. The largest absolute Gasteiger partial charge is 0.394 e. The number of aliphatic hydroxyl groups is 2. The van der Waals surface area contributed by atoms with Gasteiger partial charge >= 0.3 is 0 Å². The van der Waals surface area contributed by atoms with Gasteiger partial charge in [0.15, 0.2) is 0 Å². The van der Waals surface area contributed by atoms with Crippen molar-refractivity contribution < 1.29 is 15.0 Å². The van der Waals surface area contributed by atoms with Gasteiger partial charge < -0.3 is 15.5 Å². The molecule has 4 heteroatoms. The molecule has 0 aliphatic rings. The summed E-state index contributed by atoms with van der Waals surface area (Å²) in [6.45, 7) is 15.5. The van der Waals surface area contributed by atoms with Crippen LogP contribution in [0.5, 0.6) is 0 Å². The number of hydrogen-bond acceptors (Lipinski definition) is 3. The Hall–Kier alpha value is -1.39. The van der Waals surface area contributed by atoms with Crippen LogP contribution in [-0.2, 0) is 10.8 Å². The standard InChI is InChI=1S/C20H33NO3/c1-18(2,3)14-9-13(10-15(11-14)19(4,5)6)17(23)21-16(12-22)20(7,8)24/h9-11,16,22,24H,12H2,1-8H3,(H,21,23). The van der Waals surface area contributed by atoms with Gasteiger partial charge in [0.1, 0.15) is 0 Å². The average molecular weight is 335 g/mol. The second-order valence-corrected chi connectivity index (χ2v) is 9.16. The Morgan fingerprint density at radius 1 is 0.958 bits per heavy atom. The molecule has 24 heavy (non-hydrogen) atoms. The molecule has 4 nitrogen and oxygen atoms in total. The summed E-state index contributed by atoms with van der Waals surface area (Å²) in [4.78, 5) is 12.7. The molecule has 0 aliphatic carbocycles. The molecule has 0 radical (unpaired) electrons. The summed E-state index contributed by atoms with van der Waals surface area (Å²) in [6, 6.07) is 5.21. The Kier molecular flexibility index (Phi) is 5.89. The van der Waals surface area contributed by atoms with Gasteiger partial charge in [-0.3, -0.25) is 4.79 Å². The average Bonchev–Trinajstić information content (AvgIpc) is 2.40. The van der Waals surface area contributed by atoms with Crippen molar-refractivity contribution in [3.05, 3.63) is 34.9 Å². The number of carbonyl (C=O) groups is 1. The molecule has 1 atom stereocenters. The van der Waals surface area contributed by atoms with Gasteiger partial charge in [0.25, 0.3) is 5.91 Å². The molecular weight excluding hydrogens is 302 g/mol. The van der Waals surface area contributed by atoms with Crippen molar-refractivity contribution in [2.45, 2.75) is 77.9 Å². The molecule has 0 saturated carbocycles. The summed E-state index contributed by atoms with van der Waals surface area (Å²) < 4.78 is 0. The van der Waals surface area contributed by atoms with Crippen molar-refractivity contribution in [2.75, 3.05) is 6.61 Å². The second-order valence-electron chi connectivity index (χ2n) is 9.16. The van der Waals surface area contributed by atoms with Crippen molar-refractivity contribution in [3.63, 3.8) is 0 Å². The number of benzene rings is 1. The van der Waals surface area contributed by atoms with Crippen LogP contribution in [0.4, 0.5) is 0 Å². The third-order valence-electron chi connectivity index (χ3n) is 4.27. The van der Waals surface area contributed by atoms with E-state index in [0.29, 0.717) is 5.56 Å². The normalized spacial score (nSPS) is 14.4. The van der Waals surface area contributed by atoms with E-state index in [1.54, 1.807) is 13.8 Å². The van der Waals surface area contributed by atoms with Crippen molar-refractivity contribution in [3.8, 4) is 0 Å². The molecule has 1 unspecified atom stereocenters. The van der Waals surface area contributed by atoms with Crippen LogP contribution in [0.3, 0.4) is 0 Å². The van der Waals surface area contributed by atoms with Crippen LogP contribution in [0.15, 0.2) is 18.2 Å². The van der Waals surface area contributed by atoms with E-state index in [1.807, 2.05) is 12.1 Å². The molecule has 0 heterocycles. The molecule has 0 spiro atoms. The number of nitrogens with one attached hydrogen (secondary N) is 1. The van der Waals surface area contributed by atoms with Gasteiger partial charge in [-0.1, -0.05) is 47.6 Å². The molecule has 1 aromatic rings. The van der Waals surface area contributed by atoms with Gasteiger partial charge in [-0.2, -0.15) is 0 Å². The first kappa shape index (κ1) is 20.7. The van der Waals surface area contributed by atoms with Crippen LogP contribution in [0.25, 0.3) is 0 Å². The van der Waals surface area contributed by atoms with E-state index < -0.39 is 11.6 Å². The lowest BCUT2D eigenvalue weighted by atomic mass is 9.79. The van der Waals surface area contributed by atoms with Crippen molar-refractivity contribution in [1.29, 1.82) is 0 Å². The van der Waals surface area contributed by atoms with Gasteiger partial charge in [-0.15, -0.1) is 0 Å². The highest BCUT2D eigenvalue weighted by molar-refractivity contribution is 5.95. The molecule has 3 N–H and O–H groups in total. The Morgan fingerprint density at radius 3 is 1.67 bits per heavy atom. The van der Waals surface area contributed by atoms with Gasteiger partial charge in [0.2, 0.25) is 0 Å². The number of amides is 1. The predicted molar refractivity (Wildman–Crippen MR) is 98.5 cm³/mol. The molecular formula is C20H33NO3. The van der Waals surface area contributed by atoms with Crippen LogP contribution in [0.2, 0.25) is 0 Å². The van der Waals surface area contributed by atoms with Gasteiger partial charge in [-0.25, -0.2) is 0 Å². The lowest BCUT2D eigenvalue weighted by Gasteiger charge is -2.29. The van der Waals surface area contributed by atoms with E-state index >= 15 is 0 Å². The molecule has 1 rings (SSSR count). The summed E-state index contributed by atoms with van der Waals surface area (Å²) in [5.41, 5.74) is 1.37. The van der Waals surface area contributed by atoms with Crippen LogP contribution in [0, 0.1) is 0 Å². The molecule has 1 aromatic carbocycles. The molecule has 136 valence electrons. The Morgan fingerprint density at radius 2 is 1.38 bits per heavy atom. The summed E-state index contributed by atoms with van der Waals surface area (Å²) >= 11 is 0. The fourth-order valence-corrected chi connectivity index (χ4v) is 2.31. The van der Waals surface area contributed by atoms with Crippen LogP contribution < -0.4 is 5.32 Å². The molecule has 0 aromatic heterocycles. The van der Waals surface area contributed by atoms with Crippen molar-refractivity contribution in [2.24, 2.45) is 0 Å². The molecule has 0 bridgehead atoms. The molecule has 0 saturated heterocycles. The molecule has 1 amide bonds. The second kappa shape index (κ2) is 6.85. The zero-order valence-corrected chi connectivity index (χ0v) is 16.3. The van der Waals surface area contributed by atoms with E-state index in [2.05, 4.69) is 52.9 Å². The van der Waals surface area contributed by atoms with E-state index in [-0.39, 0.29) is 23.3 Å². The minimum Gasteiger partial charge on any atom is -0.394 e. The fraction of sp³-hybridized carbons (Fsp3) is 0.650. The van der Waals surface area contributed by atoms with Crippen molar-refractivity contribution >= 4 is 5.91 Å². The maximum atomic E-state index is 12.7. The van der Waals surface area contributed by atoms with E-state index in [9.17, 15) is 15.0 Å². The number of carbonyl (C=O) groups excluding carboxylic acids is 1. The highest BCUT2D eigenvalue weighted by Gasteiger charge is 2.29. The van der Waals surface area contributed by atoms with Crippen molar-refractivity contribution in [1.82, 2.24) is 5.32 Å². The minimum absolute atomic E-state index is 0.0804. The monoisotopic (exact) mass is 335 g/mol. The zero-order chi connectivity index (χ0) is 18.9. The van der Waals surface area contributed by atoms with Gasteiger partial charge in [0.05, 0.1) is 18.2 Å². The lowest BCUT2D eigenvalue weighted by molar-refractivity contribution is 0.0145. The maximum absolute atomic E-state index is 12.7. The summed E-state index contributed by atoms with van der Waals surface area (Å²) in [5.74, 6) is -0.284. The third kappa shape index (κ3) is 5.32. The van der Waals surface area contributed by atoms with Gasteiger partial charge in [0, 0.05) is 5.56 Å². The predicted octanol–water partition coefficient (Wildman–Crippen LogP) is 3.14. The maximum Gasteiger partial charge on any atom is 0.251 e. The first-order valence-corrected chi connectivity index (χ1v) is 8.46. The lowest BCUT2D eigenvalue weighted by Crippen LogP contribution is -2.51. The highest BCUT2D eigenvalue weighted by atomic mass is 16.3. The van der Waals surface area contributed by atoms with Gasteiger partial charge in [-0.05, 0) is 47.9 Å². The number of aliphatic hydroxyl groups excluding tert-OH is 1. The Bertz CT molecular complexity index is 554. The first-order valence-electron chi connectivity index (χ1n) is 8.46.